The average molecular weight is 514 g/mol. The van der Waals surface area contributed by atoms with Crippen LogP contribution in [0.5, 0.6) is 0 Å². The third kappa shape index (κ3) is 3.78. The second-order valence-electron chi connectivity index (χ2n) is 7.62. The molecular weight excluding hydrogens is 492 g/mol. The SMILES string of the molecule is O=C(NCC1CCCO1)c1ccc(N2C(=O)C3CC(Br)C(Br)CC3C2=O)cc1. The maximum absolute atomic E-state index is 12.8. The van der Waals surface area contributed by atoms with Gasteiger partial charge in [-0.25, -0.2) is 0 Å². The van der Waals surface area contributed by atoms with Gasteiger partial charge >= 0.3 is 0 Å². The largest absolute Gasteiger partial charge is 0.376 e. The smallest absolute Gasteiger partial charge is 0.251 e. The summed E-state index contributed by atoms with van der Waals surface area (Å²) < 4.78 is 5.51. The molecule has 2 aliphatic heterocycles. The number of carbonyl (C=O) groups excluding carboxylic acids is 3. The predicted octanol–water partition coefficient (Wildman–Crippen LogP) is 3.02. The molecule has 0 radical (unpaired) electrons. The first-order valence-electron chi connectivity index (χ1n) is 9.61. The van der Waals surface area contributed by atoms with Crippen molar-refractivity contribution in [1.82, 2.24) is 5.32 Å². The highest BCUT2D eigenvalue weighted by molar-refractivity contribution is 9.12. The van der Waals surface area contributed by atoms with Crippen LogP contribution in [0.4, 0.5) is 5.69 Å². The molecule has 1 aromatic rings. The Morgan fingerprint density at radius 2 is 1.68 bits per heavy atom. The Bertz CT molecular complexity index is 751. The van der Waals surface area contributed by atoms with E-state index in [1.54, 1.807) is 24.3 Å². The maximum atomic E-state index is 12.8. The fourth-order valence-electron chi connectivity index (χ4n) is 4.23. The second kappa shape index (κ2) is 8.24. The molecule has 1 N–H and O–H groups in total. The van der Waals surface area contributed by atoms with Crippen molar-refractivity contribution in [3.63, 3.8) is 0 Å². The lowest BCUT2D eigenvalue weighted by atomic mass is 9.81. The van der Waals surface area contributed by atoms with Crippen LogP contribution in [0.1, 0.15) is 36.0 Å². The summed E-state index contributed by atoms with van der Waals surface area (Å²) in [7, 11) is 0. The van der Waals surface area contributed by atoms with Crippen LogP contribution < -0.4 is 10.2 Å². The van der Waals surface area contributed by atoms with Gasteiger partial charge in [0.15, 0.2) is 0 Å². The molecule has 6 nitrogen and oxygen atoms in total. The number of alkyl halides is 2. The van der Waals surface area contributed by atoms with Gasteiger partial charge in [0.2, 0.25) is 11.8 Å². The zero-order valence-electron chi connectivity index (χ0n) is 15.3. The lowest BCUT2D eigenvalue weighted by molar-refractivity contribution is -0.122. The third-order valence-electron chi connectivity index (χ3n) is 5.81. The molecule has 5 atom stereocenters. The number of nitrogens with zero attached hydrogens (tertiary/aromatic N) is 1. The van der Waals surface area contributed by atoms with Gasteiger partial charge < -0.3 is 10.1 Å². The van der Waals surface area contributed by atoms with E-state index in [1.165, 1.54) is 4.90 Å². The number of halogens is 2. The van der Waals surface area contributed by atoms with Crippen molar-refractivity contribution in [3.8, 4) is 0 Å². The summed E-state index contributed by atoms with van der Waals surface area (Å²) in [4.78, 5) is 39.7. The van der Waals surface area contributed by atoms with Crippen molar-refractivity contribution in [1.29, 1.82) is 0 Å². The number of ether oxygens (including phenoxy) is 1. The van der Waals surface area contributed by atoms with Crippen LogP contribution in [0.2, 0.25) is 0 Å². The predicted molar refractivity (Wildman–Crippen MR) is 112 cm³/mol. The number of carbonyl (C=O) groups is 3. The normalized spacial score (nSPS) is 32.5. The Hall–Kier alpha value is -1.25. The minimum Gasteiger partial charge on any atom is -0.376 e. The molecule has 3 aliphatic rings. The summed E-state index contributed by atoms with van der Waals surface area (Å²) in [6, 6.07) is 6.66. The van der Waals surface area contributed by atoms with E-state index in [-0.39, 0.29) is 45.3 Å². The molecule has 3 fully saturated rings. The summed E-state index contributed by atoms with van der Waals surface area (Å²) in [6.07, 6.45) is 3.37. The molecule has 2 heterocycles. The van der Waals surface area contributed by atoms with Crippen molar-refractivity contribution in [2.45, 2.75) is 41.4 Å². The Kier molecular flexibility index (Phi) is 5.90. The van der Waals surface area contributed by atoms with Crippen molar-refractivity contribution in [2.24, 2.45) is 11.8 Å². The van der Waals surface area contributed by atoms with Crippen LogP contribution >= 0.6 is 31.9 Å². The molecule has 0 bridgehead atoms. The highest BCUT2D eigenvalue weighted by Gasteiger charge is 2.52. The van der Waals surface area contributed by atoms with E-state index in [4.69, 9.17) is 4.74 Å². The van der Waals surface area contributed by atoms with Gasteiger partial charge in [0.25, 0.3) is 5.91 Å². The van der Waals surface area contributed by atoms with Crippen molar-refractivity contribution in [2.75, 3.05) is 18.1 Å². The monoisotopic (exact) mass is 512 g/mol. The van der Waals surface area contributed by atoms with Gasteiger partial charge in [0.05, 0.1) is 23.6 Å². The molecule has 150 valence electrons. The lowest BCUT2D eigenvalue weighted by Gasteiger charge is -2.29. The zero-order valence-corrected chi connectivity index (χ0v) is 18.4. The van der Waals surface area contributed by atoms with Crippen LogP contribution in [0.15, 0.2) is 24.3 Å². The molecule has 2 saturated heterocycles. The van der Waals surface area contributed by atoms with Gasteiger partial charge in [-0.05, 0) is 49.9 Å². The third-order valence-corrected chi connectivity index (χ3v) is 8.55. The van der Waals surface area contributed by atoms with Crippen LogP contribution in [0, 0.1) is 11.8 Å². The molecule has 1 aliphatic carbocycles. The van der Waals surface area contributed by atoms with Gasteiger partial charge in [-0.3, -0.25) is 19.3 Å². The Balaban J connectivity index is 1.44. The van der Waals surface area contributed by atoms with Crippen LogP contribution in [0.3, 0.4) is 0 Å². The van der Waals surface area contributed by atoms with Crippen molar-refractivity contribution in [3.05, 3.63) is 29.8 Å². The number of hydrogen-bond donors (Lipinski definition) is 1. The minimum atomic E-state index is -0.278. The molecular formula is C20H22Br2N2O4. The Morgan fingerprint density at radius 1 is 1.07 bits per heavy atom. The molecule has 28 heavy (non-hydrogen) atoms. The van der Waals surface area contributed by atoms with Gasteiger partial charge in [-0.1, -0.05) is 31.9 Å². The minimum absolute atomic E-state index is 0.0860. The van der Waals surface area contributed by atoms with E-state index in [1.807, 2.05) is 0 Å². The van der Waals surface area contributed by atoms with Gasteiger partial charge in [-0.15, -0.1) is 0 Å². The Labute approximate surface area is 180 Å². The Morgan fingerprint density at radius 3 is 2.21 bits per heavy atom. The summed E-state index contributed by atoms with van der Waals surface area (Å²) >= 11 is 7.19. The highest BCUT2D eigenvalue weighted by Crippen LogP contribution is 2.44. The summed E-state index contributed by atoms with van der Waals surface area (Å²) in [5.41, 5.74) is 1.02. The number of hydrogen-bond acceptors (Lipinski definition) is 4. The van der Waals surface area contributed by atoms with E-state index in [2.05, 4.69) is 37.2 Å². The van der Waals surface area contributed by atoms with E-state index in [0.29, 0.717) is 30.6 Å². The van der Waals surface area contributed by atoms with E-state index in [9.17, 15) is 14.4 Å². The van der Waals surface area contributed by atoms with Gasteiger partial charge in [0.1, 0.15) is 0 Å². The van der Waals surface area contributed by atoms with E-state index in [0.717, 1.165) is 19.4 Å². The number of rotatable bonds is 4. The number of nitrogens with one attached hydrogen (secondary N) is 1. The molecule has 5 unspecified atom stereocenters. The molecule has 8 heteroatoms. The van der Waals surface area contributed by atoms with Gasteiger partial charge in [-0.2, -0.15) is 0 Å². The quantitative estimate of drug-likeness (QED) is 0.496. The fraction of sp³-hybridized carbons (Fsp3) is 0.550. The van der Waals surface area contributed by atoms with Crippen LogP contribution in [-0.4, -0.2) is 46.6 Å². The standard InChI is InChI=1S/C20H22Br2N2O4/c21-16-8-14-15(9-17(16)22)20(27)24(19(14)26)12-5-3-11(4-6-12)18(25)23-10-13-2-1-7-28-13/h3-6,13-17H,1-2,7-10H2,(H,23,25). The molecule has 0 spiro atoms. The second-order valence-corrected chi connectivity index (χ2v) is 9.97. The number of amides is 3. The molecule has 0 aromatic heterocycles. The fourth-order valence-corrected chi connectivity index (χ4v) is 5.46. The van der Waals surface area contributed by atoms with Crippen molar-refractivity contribution < 1.29 is 19.1 Å². The van der Waals surface area contributed by atoms with Crippen LogP contribution in [-0.2, 0) is 14.3 Å². The summed E-state index contributed by atoms with van der Waals surface area (Å²) in [6.45, 7) is 1.25. The first kappa shape index (κ1) is 20.0. The number of anilines is 1. The van der Waals surface area contributed by atoms with Gasteiger partial charge in [0, 0.05) is 28.4 Å². The first-order chi connectivity index (χ1) is 13.5. The summed E-state index contributed by atoms with van der Waals surface area (Å²) in [5.74, 6) is -1.02. The molecule has 1 aromatic carbocycles. The zero-order chi connectivity index (χ0) is 19.8. The first-order valence-corrected chi connectivity index (χ1v) is 11.4. The maximum Gasteiger partial charge on any atom is 0.251 e. The number of imide groups is 1. The highest BCUT2D eigenvalue weighted by atomic mass is 79.9. The van der Waals surface area contributed by atoms with Crippen molar-refractivity contribution >= 4 is 55.3 Å². The lowest BCUT2D eigenvalue weighted by Crippen LogP contribution is -2.34. The van der Waals surface area contributed by atoms with Crippen LogP contribution in [0.25, 0.3) is 0 Å². The number of benzene rings is 1. The topological polar surface area (TPSA) is 75.7 Å². The summed E-state index contributed by atoms with van der Waals surface area (Å²) in [5, 5.41) is 2.88. The average Bonchev–Trinajstić information content (AvgIpc) is 3.29. The van der Waals surface area contributed by atoms with E-state index >= 15 is 0 Å². The van der Waals surface area contributed by atoms with E-state index < -0.39 is 0 Å². The molecule has 3 amide bonds. The molecule has 1 saturated carbocycles. The number of fused-ring (bicyclic) bond motifs is 1. The molecule has 4 rings (SSSR count).